The van der Waals surface area contributed by atoms with Gasteiger partial charge < -0.3 is 13.8 Å². The molecule has 1 atom stereocenters. The molecule has 0 aliphatic rings. The number of aldehydes is 1. The number of rotatable bonds is 12. The summed E-state index contributed by atoms with van der Waals surface area (Å²) in [4.78, 5) is 11.1. The van der Waals surface area contributed by atoms with Crippen molar-refractivity contribution in [3.63, 3.8) is 0 Å². The molecule has 0 N–H and O–H groups in total. The fourth-order valence-corrected chi connectivity index (χ4v) is 3.67. The van der Waals surface area contributed by atoms with Gasteiger partial charge in [0.25, 0.3) is 0 Å². The highest BCUT2D eigenvalue weighted by Crippen LogP contribution is 2.53. The number of hydrogen-bond acceptors (Lipinski definition) is 4. The average molecular weight is 278 g/mol. The largest absolute Gasteiger partial charge is 0.340 e. The van der Waals surface area contributed by atoms with Crippen molar-refractivity contribution in [3.05, 3.63) is 0 Å². The minimum Gasteiger partial charge on any atom is -0.308 e. The zero-order valence-corrected chi connectivity index (χ0v) is 12.8. The topological polar surface area (TPSA) is 52.6 Å². The molecule has 0 spiro atoms. The normalized spacial score (nSPS) is 13.5. The Bertz CT molecular complexity index is 245. The van der Waals surface area contributed by atoms with Gasteiger partial charge in [0.2, 0.25) is 0 Å². The van der Waals surface area contributed by atoms with E-state index in [0.717, 1.165) is 25.5 Å². The van der Waals surface area contributed by atoms with Crippen molar-refractivity contribution in [3.8, 4) is 0 Å². The lowest BCUT2D eigenvalue weighted by atomic mass is 10.1. The summed E-state index contributed by atoms with van der Waals surface area (Å²) in [5, 5.41) is 0. The van der Waals surface area contributed by atoms with Crippen LogP contribution in [-0.4, -0.2) is 25.2 Å². The average Bonchev–Trinajstić information content (AvgIpc) is 2.34. The van der Waals surface area contributed by atoms with Crippen molar-refractivity contribution in [1.82, 2.24) is 0 Å². The van der Waals surface area contributed by atoms with Gasteiger partial charge in [-0.15, -0.1) is 0 Å². The summed E-state index contributed by atoms with van der Waals surface area (Å²) in [5.41, 5.74) is -0.612. The molecule has 0 saturated carbocycles. The molecule has 0 saturated heterocycles. The van der Waals surface area contributed by atoms with Crippen LogP contribution in [0.1, 0.15) is 59.3 Å². The van der Waals surface area contributed by atoms with Crippen LogP contribution in [-0.2, 0) is 18.4 Å². The van der Waals surface area contributed by atoms with Crippen molar-refractivity contribution in [1.29, 1.82) is 0 Å². The van der Waals surface area contributed by atoms with Gasteiger partial charge in [-0.05, 0) is 20.3 Å². The molecule has 0 aromatic heterocycles. The first kappa shape index (κ1) is 17.8. The maximum absolute atomic E-state index is 12.4. The van der Waals surface area contributed by atoms with E-state index in [1.54, 1.807) is 13.8 Å². The lowest BCUT2D eigenvalue weighted by molar-refractivity contribution is -0.108. The summed E-state index contributed by atoms with van der Waals surface area (Å²) in [7, 11) is -3.25. The lowest BCUT2D eigenvalue weighted by Gasteiger charge is -2.22. The summed E-state index contributed by atoms with van der Waals surface area (Å²) in [5.74, 6) is 0. The van der Waals surface area contributed by atoms with E-state index in [9.17, 15) is 9.36 Å². The number of carbonyl (C=O) groups is 1. The Morgan fingerprint density at radius 1 is 1.00 bits per heavy atom. The molecule has 5 heteroatoms. The molecule has 0 aromatic carbocycles. The lowest BCUT2D eigenvalue weighted by Crippen LogP contribution is -2.15. The van der Waals surface area contributed by atoms with Gasteiger partial charge in [0.15, 0.2) is 0 Å². The van der Waals surface area contributed by atoms with E-state index in [4.69, 9.17) is 9.05 Å². The highest BCUT2D eigenvalue weighted by molar-refractivity contribution is 7.55. The first-order valence-electron chi connectivity index (χ1n) is 6.98. The summed E-state index contributed by atoms with van der Waals surface area (Å²) >= 11 is 0. The van der Waals surface area contributed by atoms with Crippen LogP contribution in [0.3, 0.4) is 0 Å². The van der Waals surface area contributed by atoms with Crippen LogP contribution >= 0.6 is 7.60 Å². The van der Waals surface area contributed by atoms with E-state index in [0.29, 0.717) is 19.6 Å². The predicted molar refractivity (Wildman–Crippen MR) is 74.1 cm³/mol. The zero-order valence-electron chi connectivity index (χ0n) is 11.9. The SMILES string of the molecule is CCCCCCCC(C=O)P(=O)(OCC)OCC. The van der Waals surface area contributed by atoms with E-state index in [1.807, 2.05) is 0 Å². The van der Waals surface area contributed by atoms with E-state index < -0.39 is 13.3 Å². The fraction of sp³-hybridized carbons (Fsp3) is 0.923. The van der Waals surface area contributed by atoms with Crippen molar-refractivity contribution >= 4 is 13.9 Å². The van der Waals surface area contributed by atoms with Crippen LogP contribution in [0.15, 0.2) is 0 Å². The quantitative estimate of drug-likeness (QED) is 0.305. The predicted octanol–water partition coefficient (Wildman–Crippen LogP) is 4.18. The minimum atomic E-state index is -3.25. The summed E-state index contributed by atoms with van der Waals surface area (Å²) in [6, 6.07) is 0. The molecule has 0 aliphatic heterocycles. The summed E-state index contributed by atoms with van der Waals surface area (Å²) < 4.78 is 22.8. The molecule has 0 aliphatic carbocycles. The van der Waals surface area contributed by atoms with Gasteiger partial charge >= 0.3 is 7.60 Å². The molecule has 1 unspecified atom stereocenters. The first-order chi connectivity index (χ1) is 8.64. The third-order valence-electron chi connectivity index (χ3n) is 2.78. The zero-order chi connectivity index (χ0) is 13.9. The van der Waals surface area contributed by atoms with Crippen LogP contribution < -0.4 is 0 Å². The molecule has 0 rings (SSSR count). The van der Waals surface area contributed by atoms with Crippen molar-refractivity contribution in [2.75, 3.05) is 13.2 Å². The van der Waals surface area contributed by atoms with Crippen LogP contribution in [0.2, 0.25) is 0 Å². The van der Waals surface area contributed by atoms with Gasteiger partial charge in [0.05, 0.1) is 13.2 Å². The first-order valence-corrected chi connectivity index (χ1v) is 8.59. The molecule has 0 bridgehead atoms. The van der Waals surface area contributed by atoms with E-state index in [1.165, 1.54) is 12.8 Å². The third kappa shape index (κ3) is 6.67. The Balaban J connectivity index is 4.25. The third-order valence-corrected chi connectivity index (χ3v) is 5.21. The highest BCUT2D eigenvalue weighted by Gasteiger charge is 2.34. The molecular formula is C13H27O4P. The van der Waals surface area contributed by atoms with E-state index >= 15 is 0 Å². The fourth-order valence-electron chi connectivity index (χ4n) is 1.85. The van der Waals surface area contributed by atoms with Gasteiger partial charge in [-0.25, -0.2) is 0 Å². The van der Waals surface area contributed by atoms with E-state index in [2.05, 4.69) is 6.92 Å². The van der Waals surface area contributed by atoms with Gasteiger partial charge in [0.1, 0.15) is 11.9 Å². The maximum Gasteiger partial charge on any atom is 0.340 e. The highest BCUT2D eigenvalue weighted by atomic mass is 31.2. The Hall–Kier alpha value is -0.180. The number of hydrogen-bond donors (Lipinski definition) is 0. The molecule has 18 heavy (non-hydrogen) atoms. The van der Waals surface area contributed by atoms with E-state index in [-0.39, 0.29) is 0 Å². The smallest absolute Gasteiger partial charge is 0.308 e. The molecule has 0 fully saturated rings. The van der Waals surface area contributed by atoms with Crippen LogP contribution in [0.5, 0.6) is 0 Å². The van der Waals surface area contributed by atoms with Crippen LogP contribution in [0.25, 0.3) is 0 Å². The monoisotopic (exact) mass is 278 g/mol. The van der Waals surface area contributed by atoms with Crippen molar-refractivity contribution in [2.45, 2.75) is 65.0 Å². The standard InChI is InChI=1S/C13H27O4P/c1-4-7-8-9-10-11-13(12-14)18(15,16-5-2)17-6-3/h12-13H,4-11H2,1-3H3. The molecule has 0 aromatic rings. The van der Waals surface area contributed by atoms with Crippen molar-refractivity contribution in [2.24, 2.45) is 0 Å². The second-order valence-electron chi connectivity index (χ2n) is 4.28. The molecule has 108 valence electrons. The van der Waals surface area contributed by atoms with Gasteiger partial charge in [0, 0.05) is 0 Å². The molecular weight excluding hydrogens is 251 g/mol. The number of unbranched alkanes of at least 4 members (excludes halogenated alkanes) is 4. The molecule has 4 nitrogen and oxygen atoms in total. The second-order valence-corrected chi connectivity index (χ2v) is 6.54. The molecule has 0 amide bonds. The van der Waals surface area contributed by atoms with Gasteiger partial charge in [-0.1, -0.05) is 39.0 Å². The number of carbonyl (C=O) groups excluding carboxylic acids is 1. The van der Waals surface area contributed by atoms with Crippen LogP contribution in [0.4, 0.5) is 0 Å². The minimum absolute atomic E-state index is 0.303. The Morgan fingerprint density at radius 3 is 2.00 bits per heavy atom. The van der Waals surface area contributed by atoms with Gasteiger partial charge in [-0.2, -0.15) is 0 Å². The second kappa shape index (κ2) is 10.7. The Morgan fingerprint density at radius 2 is 1.56 bits per heavy atom. The maximum atomic E-state index is 12.4. The Labute approximate surface area is 111 Å². The molecule has 0 heterocycles. The Kier molecular flexibility index (Phi) is 10.6. The molecule has 0 radical (unpaired) electrons. The summed E-state index contributed by atoms with van der Waals surface area (Å²) in [6.45, 7) is 6.28. The van der Waals surface area contributed by atoms with Crippen molar-refractivity contribution < 1.29 is 18.4 Å². The van der Waals surface area contributed by atoms with Gasteiger partial charge in [-0.3, -0.25) is 4.57 Å². The summed E-state index contributed by atoms with van der Waals surface area (Å²) in [6.07, 6.45) is 6.84. The van der Waals surface area contributed by atoms with Crippen LogP contribution in [0, 0.1) is 0 Å².